The number of unbranched alkanes of at least 4 members (excludes halogenated alkanes) is 5. The fourth-order valence-electron chi connectivity index (χ4n) is 4.59. The van der Waals surface area contributed by atoms with Crippen LogP contribution in [-0.2, 0) is 14.4 Å². The van der Waals surface area contributed by atoms with Crippen molar-refractivity contribution in [2.24, 2.45) is 0 Å². The summed E-state index contributed by atoms with van der Waals surface area (Å²) in [5.41, 5.74) is 2.17. The lowest BCUT2D eigenvalue weighted by Crippen LogP contribution is -2.35. The van der Waals surface area contributed by atoms with Crippen LogP contribution in [0.25, 0.3) is 5.57 Å². The van der Waals surface area contributed by atoms with E-state index in [0.717, 1.165) is 19.3 Å². The number of anilines is 2. The largest absolute Gasteiger partial charge is 0.494 e. The minimum absolute atomic E-state index is 0.176. The zero-order chi connectivity index (χ0) is 27.1. The summed E-state index contributed by atoms with van der Waals surface area (Å²) in [6.07, 6.45) is 6.68. The first-order chi connectivity index (χ1) is 18.4. The molecule has 0 bridgehead atoms. The number of nitrogens with one attached hydrogen (secondary N) is 1. The molecule has 0 saturated carbocycles. The second-order valence-corrected chi connectivity index (χ2v) is 10.9. The number of hydrogen-bond acceptors (Lipinski definition) is 6. The van der Waals surface area contributed by atoms with E-state index in [0.29, 0.717) is 50.6 Å². The summed E-state index contributed by atoms with van der Waals surface area (Å²) in [6, 6.07) is 14.3. The Morgan fingerprint density at radius 1 is 0.921 bits per heavy atom. The zero-order valence-electron chi connectivity index (χ0n) is 21.8. The molecule has 1 fully saturated rings. The number of hydrogen-bond donors (Lipinski definition) is 1. The Hall–Kier alpha value is -3.17. The van der Waals surface area contributed by atoms with Gasteiger partial charge in [-0.25, -0.2) is 0 Å². The number of thioether (sulfide) groups is 1. The van der Waals surface area contributed by atoms with Crippen LogP contribution in [0.15, 0.2) is 53.4 Å². The first-order valence-corrected chi connectivity index (χ1v) is 14.4. The van der Waals surface area contributed by atoms with Gasteiger partial charge in [0.2, 0.25) is 5.91 Å². The quantitative estimate of drug-likeness (QED) is 0.198. The molecule has 1 saturated heterocycles. The monoisotopic (exact) mass is 551 g/mol. The lowest BCUT2D eigenvalue weighted by molar-refractivity contribution is -0.122. The molecule has 0 atom stereocenters. The molecular weight excluding hydrogens is 518 g/mol. The highest BCUT2D eigenvalue weighted by molar-refractivity contribution is 8.26. The number of thiocarbonyl (C=S) groups is 1. The maximum absolute atomic E-state index is 13.6. The number of fused-ring (bicyclic) bond motifs is 1. The Balaban J connectivity index is 1.47. The van der Waals surface area contributed by atoms with Gasteiger partial charge in [-0.15, -0.1) is 0 Å². The number of nitrogens with zero attached hydrogens (tertiary/aromatic N) is 2. The number of carbonyl (C=O) groups is 3. The highest BCUT2D eigenvalue weighted by Gasteiger charge is 2.42. The Morgan fingerprint density at radius 2 is 1.63 bits per heavy atom. The number of para-hydroxylation sites is 1. The molecule has 0 aliphatic carbocycles. The summed E-state index contributed by atoms with van der Waals surface area (Å²) >= 11 is 6.70. The van der Waals surface area contributed by atoms with Gasteiger partial charge in [-0.1, -0.05) is 81.2 Å². The summed E-state index contributed by atoms with van der Waals surface area (Å²) in [6.45, 7) is 5.03. The fourth-order valence-corrected chi connectivity index (χ4v) is 5.97. The first kappa shape index (κ1) is 27.9. The van der Waals surface area contributed by atoms with E-state index in [4.69, 9.17) is 17.0 Å². The molecule has 0 unspecified atom stereocenters. The van der Waals surface area contributed by atoms with Crippen molar-refractivity contribution in [2.75, 3.05) is 29.9 Å². The summed E-state index contributed by atoms with van der Waals surface area (Å²) in [5, 5.41) is 2.83. The standard InChI is InChI=1S/C29H33N3O4S2/c1-3-5-6-7-8-11-18-31-28(35)26(38-29(31)37)25-22-12-9-10-13-23(22)32(27(25)34)19-24(33)30-20-14-16-21(17-15-20)36-4-2/h9-10,12-17H,3-8,11,18-19H2,1-2H3,(H,30,33). The molecule has 1 N–H and O–H groups in total. The molecule has 2 aliphatic heterocycles. The van der Waals surface area contributed by atoms with Crippen molar-refractivity contribution in [3.05, 3.63) is 59.0 Å². The van der Waals surface area contributed by atoms with Gasteiger partial charge in [0.15, 0.2) is 0 Å². The predicted molar refractivity (Wildman–Crippen MR) is 157 cm³/mol. The van der Waals surface area contributed by atoms with E-state index in [-0.39, 0.29) is 24.3 Å². The predicted octanol–water partition coefficient (Wildman–Crippen LogP) is 6.00. The van der Waals surface area contributed by atoms with E-state index in [1.165, 1.54) is 35.9 Å². The normalized spacial score (nSPS) is 16.8. The van der Waals surface area contributed by atoms with Crippen molar-refractivity contribution < 1.29 is 19.1 Å². The Bertz CT molecular complexity index is 1240. The van der Waals surface area contributed by atoms with E-state index in [1.54, 1.807) is 35.2 Å². The van der Waals surface area contributed by atoms with Crippen LogP contribution in [0.5, 0.6) is 5.75 Å². The molecule has 4 rings (SSSR count). The number of carbonyl (C=O) groups excluding carboxylic acids is 3. The highest BCUT2D eigenvalue weighted by atomic mass is 32.2. The van der Waals surface area contributed by atoms with Crippen molar-refractivity contribution in [1.29, 1.82) is 0 Å². The van der Waals surface area contributed by atoms with Crippen LogP contribution >= 0.6 is 24.0 Å². The molecule has 9 heteroatoms. The van der Waals surface area contributed by atoms with Gasteiger partial charge in [-0.05, 0) is 43.7 Å². The third kappa shape index (κ3) is 6.27. The van der Waals surface area contributed by atoms with Crippen molar-refractivity contribution in [3.63, 3.8) is 0 Å². The SMILES string of the molecule is CCCCCCCCN1C(=O)C(=C2C(=O)N(CC(=O)Nc3ccc(OCC)cc3)c3ccccc32)SC1=S. The molecule has 2 heterocycles. The van der Waals surface area contributed by atoms with Gasteiger partial charge in [-0.3, -0.25) is 24.2 Å². The Labute approximate surface area is 233 Å². The third-order valence-electron chi connectivity index (χ3n) is 6.49. The van der Waals surface area contributed by atoms with Crippen LogP contribution in [0, 0.1) is 0 Å². The minimum atomic E-state index is -0.367. The molecular formula is C29H33N3O4S2. The summed E-state index contributed by atoms with van der Waals surface area (Å²) in [5.74, 6) is -0.220. The van der Waals surface area contributed by atoms with Gasteiger partial charge in [-0.2, -0.15) is 0 Å². The lowest BCUT2D eigenvalue weighted by Gasteiger charge is -2.17. The molecule has 3 amide bonds. The van der Waals surface area contributed by atoms with Gasteiger partial charge in [0.1, 0.15) is 16.6 Å². The molecule has 38 heavy (non-hydrogen) atoms. The second kappa shape index (κ2) is 13.1. The van der Waals surface area contributed by atoms with Crippen LogP contribution in [0.4, 0.5) is 11.4 Å². The molecule has 2 aliphatic rings. The molecule has 2 aromatic rings. The molecule has 0 aromatic heterocycles. The van der Waals surface area contributed by atoms with Crippen LogP contribution in [0.2, 0.25) is 0 Å². The summed E-state index contributed by atoms with van der Waals surface area (Å²) < 4.78 is 5.91. The molecule has 0 spiro atoms. The van der Waals surface area contributed by atoms with E-state index < -0.39 is 0 Å². The van der Waals surface area contributed by atoms with Crippen molar-refractivity contribution >= 4 is 63.0 Å². The van der Waals surface area contributed by atoms with Gasteiger partial charge in [0, 0.05) is 17.8 Å². The van der Waals surface area contributed by atoms with Crippen LogP contribution in [0.1, 0.15) is 57.9 Å². The van der Waals surface area contributed by atoms with E-state index in [9.17, 15) is 14.4 Å². The fraction of sp³-hybridized carbons (Fsp3) is 0.379. The Morgan fingerprint density at radius 3 is 2.37 bits per heavy atom. The maximum atomic E-state index is 13.6. The smallest absolute Gasteiger partial charge is 0.267 e. The molecule has 0 radical (unpaired) electrons. The molecule has 2 aromatic carbocycles. The lowest BCUT2D eigenvalue weighted by atomic mass is 10.1. The van der Waals surface area contributed by atoms with Crippen molar-refractivity contribution in [1.82, 2.24) is 4.90 Å². The highest BCUT2D eigenvalue weighted by Crippen LogP contribution is 2.44. The van der Waals surface area contributed by atoms with Crippen LogP contribution in [0.3, 0.4) is 0 Å². The average molecular weight is 552 g/mol. The molecule has 200 valence electrons. The number of benzene rings is 2. The number of amides is 3. The minimum Gasteiger partial charge on any atom is -0.494 e. The molecule has 7 nitrogen and oxygen atoms in total. The van der Waals surface area contributed by atoms with Gasteiger partial charge in [0.25, 0.3) is 11.8 Å². The van der Waals surface area contributed by atoms with Gasteiger partial charge >= 0.3 is 0 Å². The van der Waals surface area contributed by atoms with E-state index in [2.05, 4.69) is 12.2 Å². The topological polar surface area (TPSA) is 79.0 Å². The van der Waals surface area contributed by atoms with Gasteiger partial charge in [0.05, 0.1) is 22.8 Å². The maximum Gasteiger partial charge on any atom is 0.267 e. The second-order valence-electron chi connectivity index (χ2n) is 9.21. The van der Waals surface area contributed by atoms with E-state index in [1.807, 2.05) is 25.1 Å². The number of rotatable bonds is 12. The number of ether oxygens (including phenoxy) is 1. The summed E-state index contributed by atoms with van der Waals surface area (Å²) in [7, 11) is 0. The average Bonchev–Trinajstić information content (AvgIpc) is 3.34. The zero-order valence-corrected chi connectivity index (χ0v) is 23.5. The van der Waals surface area contributed by atoms with Crippen LogP contribution in [-0.4, -0.2) is 46.6 Å². The van der Waals surface area contributed by atoms with Crippen molar-refractivity contribution in [2.45, 2.75) is 52.4 Å². The Kier molecular flexibility index (Phi) is 9.58. The third-order valence-corrected chi connectivity index (χ3v) is 7.93. The van der Waals surface area contributed by atoms with Crippen molar-refractivity contribution in [3.8, 4) is 5.75 Å². The summed E-state index contributed by atoms with van der Waals surface area (Å²) in [4.78, 5) is 43.3. The van der Waals surface area contributed by atoms with Crippen LogP contribution < -0.4 is 15.0 Å². The first-order valence-electron chi connectivity index (χ1n) is 13.2. The van der Waals surface area contributed by atoms with Gasteiger partial charge < -0.3 is 10.1 Å². The van der Waals surface area contributed by atoms with E-state index >= 15 is 0 Å².